The van der Waals surface area contributed by atoms with Crippen molar-refractivity contribution >= 4 is 47.5 Å². The molecule has 3 N–H and O–H groups in total. The molecule has 17 nitrogen and oxygen atoms in total. The van der Waals surface area contributed by atoms with E-state index in [1.165, 1.54) is 38.3 Å². The lowest BCUT2D eigenvalue weighted by Crippen LogP contribution is -2.58. The van der Waals surface area contributed by atoms with Crippen molar-refractivity contribution in [1.82, 2.24) is 35.1 Å². The van der Waals surface area contributed by atoms with Gasteiger partial charge in [0, 0.05) is 64.6 Å². The molecule has 0 aromatic heterocycles. The Morgan fingerprint density at radius 2 is 0.984 bits per heavy atom. The summed E-state index contributed by atoms with van der Waals surface area (Å²) in [5, 5.41) is 15.4. The van der Waals surface area contributed by atoms with E-state index in [0.717, 1.165) is 22.3 Å². The lowest BCUT2D eigenvalue weighted by Gasteiger charge is -2.36. The summed E-state index contributed by atoms with van der Waals surface area (Å²) >= 11 is 0. The molecule has 7 amide bonds. The molecule has 2 aromatic carbocycles. The molecule has 2 aromatic rings. The second-order valence-electron chi connectivity index (χ2n) is 17.2. The zero-order valence-electron chi connectivity index (χ0n) is 34.5. The SMILES string of the molecule is CC(=O)N[C@H]1CC(C(=O)N2CCCC2C(=O)N2C[C@@H](NC(C)=O)CC2C(=O)N2CCCC2C(=O)O)N(C(=O)C2CCCN2C(=O)OCC2c3ccccc3-c3ccccc32)C1. The number of amides is 7. The highest BCUT2D eigenvalue weighted by atomic mass is 16.6. The van der Waals surface area contributed by atoms with Crippen LogP contribution >= 0.6 is 0 Å². The van der Waals surface area contributed by atoms with E-state index in [9.17, 15) is 43.5 Å². The van der Waals surface area contributed by atoms with Gasteiger partial charge in [-0.2, -0.15) is 0 Å². The van der Waals surface area contributed by atoms with Gasteiger partial charge in [0.1, 0.15) is 36.8 Å². The van der Waals surface area contributed by atoms with Gasteiger partial charge in [-0.1, -0.05) is 48.5 Å². The maximum Gasteiger partial charge on any atom is 0.410 e. The fraction of sp³-hybridized carbons (Fsp3) is 0.545. The highest BCUT2D eigenvalue weighted by Gasteiger charge is 2.52. The Hall–Kier alpha value is -6.00. The van der Waals surface area contributed by atoms with Gasteiger partial charge in [-0.25, -0.2) is 9.59 Å². The quantitative estimate of drug-likeness (QED) is 0.333. The first kappa shape index (κ1) is 41.7. The summed E-state index contributed by atoms with van der Waals surface area (Å²) in [6.45, 7) is 3.54. The fourth-order valence-electron chi connectivity index (χ4n) is 10.7. The smallest absolute Gasteiger partial charge is 0.410 e. The van der Waals surface area contributed by atoms with Crippen LogP contribution in [0.5, 0.6) is 0 Å². The second kappa shape index (κ2) is 17.2. The number of aliphatic carboxylic acids is 1. The summed E-state index contributed by atoms with van der Waals surface area (Å²) in [4.78, 5) is 115. The zero-order chi connectivity index (χ0) is 43.1. The van der Waals surface area contributed by atoms with Gasteiger partial charge in [-0.15, -0.1) is 0 Å². The van der Waals surface area contributed by atoms with Gasteiger partial charge in [-0.05, 0) is 73.6 Å². The van der Waals surface area contributed by atoms with Crippen LogP contribution in [0, 0.1) is 0 Å². The van der Waals surface area contributed by atoms with Crippen molar-refractivity contribution < 1.29 is 48.2 Å². The molecular weight excluding hydrogens is 787 g/mol. The van der Waals surface area contributed by atoms with Crippen molar-refractivity contribution in [2.24, 2.45) is 0 Å². The van der Waals surface area contributed by atoms with Gasteiger partial charge in [0.05, 0.1) is 0 Å². The first-order chi connectivity index (χ1) is 29.3. The van der Waals surface area contributed by atoms with E-state index in [1.54, 1.807) is 0 Å². The standard InChI is InChI=1S/C44H53N7O10/c1-25(52)45-27-20-37(41(56)47-17-7-14-34(47)39(54)50-22-28(46-26(2)53)21-38(50)42(57)48-18-9-16-36(48)43(58)59)51(23-27)40(55)35-15-8-19-49(35)44(60)61-24-33-31-12-5-3-10-29(31)30-11-4-6-13-32(30)33/h3-6,10-13,27-28,33-38H,7-9,14-24H2,1-2H3,(H,45,52)(H,46,53)(H,58,59)/t27-,28-,34?,35?,36?,37?,38?/m0/s1. The number of hydrogen-bond donors (Lipinski definition) is 3. The fourth-order valence-corrected chi connectivity index (χ4v) is 10.7. The molecule has 5 heterocycles. The third-order valence-corrected chi connectivity index (χ3v) is 13.3. The van der Waals surface area contributed by atoms with Crippen LogP contribution < -0.4 is 10.6 Å². The Morgan fingerprint density at radius 1 is 0.574 bits per heavy atom. The molecular formula is C44H53N7O10. The zero-order valence-corrected chi connectivity index (χ0v) is 34.5. The van der Waals surface area contributed by atoms with Crippen LogP contribution in [0.2, 0.25) is 0 Å². The minimum atomic E-state index is -1.13. The molecule has 0 radical (unpaired) electrons. The van der Waals surface area contributed by atoms with Gasteiger partial charge in [0.25, 0.3) is 0 Å². The van der Waals surface area contributed by atoms with Crippen molar-refractivity contribution in [2.45, 2.75) is 113 Å². The highest BCUT2D eigenvalue weighted by molar-refractivity contribution is 5.97. The molecule has 6 aliphatic rings. The molecule has 5 aliphatic heterocycles. The summed E-state index contributed by atoms with van der Waals surface area (Å²) in [5.74, 6) is -3.89. The molecule has 7 atom stereocenters. The number of nitrogens with one attached hydrogen (secondary N) is 2. The van der Waals surface area contributed by atoms with Gasteiger partial charge in [0.2, 0.25) is 35.4 Å². The normalized spacial score (nSPS) is 26.9. The number of carboxylic acids is 1. The van der Waals surface area contributed by atoms with Crippen molar-refractivity contribution in [3.8, 4) is 11.1 Å². The summed E-state index contributed by atoms with van der Waals surface area (Å²) < 4.78 is 5.95. The Balaban J connectivity index is 0.984. The van der Waals surface area contributed by atoms with Crippen LogP contribution in [0.25, 0.3) is 11.1 Å². The average molecular weight is 840 g/mol. The number of carboxylic acid groups (broad SMARTS) is 1. The summed E-state index contributed by atoms with van der Waals surface area (Å²) in [6, 6.07) is 9.92. The van der Waals surface area contributed by atoms with Gasteiger partial charge in [0.15, 0.2) is 0 Å². The number of hydrogen-bond acceptors (Lipinski definition) is 9. The van der Waals surface area contributed by atoms with Gasteiger partial charge < -0.3 is 40.1 Å². The number of rotatable bonds is 9. The van der Waals surface area contributed by atoms with Crippen molar-refractivity contribution in [2.75, 3.05) is 39.3 Å². The third kappa shape index (κ3) is 8.01. The largest absolute Gasteiger partial charge is 0.480 e. The number of ether oxygens (including phenoxy) is 1. The lowest BCUT2D eigenvalue weighted by atomic mass is 9.98. The van der Waals surface area contributed by atoms with Gasteiger partial charge >= 0.3 is 12.1 Å². The molecule has 324 valence electrons. The molecule has 61 heavy (non-hydrogen) atoms. The first-order valence-corrected chi connectivity index (χ1v) is 21.4. The van der Waals surface area contributed by atoms with E-state index >= 15 is 0 Å². The van der Waals surface area contributed by atoms with Crippen LogP contribution in [0.15, 0.2) is 48.5 Å². The minimum Gasteiger partial charge on any atom is -0.480 e. The van der Waals surface area contributed by atoms with Crippen molar-refractivity contribution in [1.29, 1.82) is 0 Å². The minimum absolute atomic E-state index is 0.00492. The molecule has 8 rings (SSSR count). The molecule has 5 unspecified atom stereocenters. The number of nitrogens with zero attached hydrogens (tertiary/aromatic N) is 5. The van der Waals surface area contributed by atoms with Crippen LogP contribution in [-0.4, -0.2) is 159 Å². The number of likely N-dealkylation sites (tertiary alicyclic amines) is 5. The van der Waals surface area contributed by atoms with E-state index in [0.29, 0.717) is 38.5 Å². The maximum absolute atomic E-state index is 14.7. The van der Waals surface area contributed by atoms with Crippen LogP contribution in [0.4, 0.5) is 4.79 Å². The number of carbonyl (C=O) groups is 8. The predicted octanol–water partition coefficient (Wildman–Crippen LogP) is 1.68. The number of fused-ring (bicyclic) bond motifs is 3. The monoisotopic (exact) mass is 839 g/mol. The molecule has 17 heteroatoms. The van der Waals surface area contributed by atoms with Crippen LogP contribution in [-0.2, 0) is 38.3 Å². The van der Waals surface area contributed by atoms with Crippen molar-refractivity contribution in [3.63, 3.8) is 0 Å². The van der Waals surface area contributed by atoms with E-state index in [4.69, 9.17) is 4.74 Å². The number of carbonyl (C=O) groups excluding carboxylic acids is 7. The van der Waals surface area contributed by atoms with E-state index in [-0.39, 0.29) is 69.9 Å². The van der Waals surface area contributed by atoms with Crippen LogP contribution in [0.1, 0.15) is 82.3 Å². The molecule has 1 aliphatic carbocycles. The predicted molar refractivity (Wildman–Crippen MR) is 217 cm³/mol. The Labute approximate surface area is 353 Å². The summed E-state index contributed by atoms with van der Waals surface area (Å²) in [7, 11) is 0. The second-order valence-corrected chi connectivity index (χ2v) is 17.2. The average Bonchev–Trinajstić information content (AvgIpc) is 4.10. The van der Waals surface area contributed by atoms with Crippen molar-refractivity contribution in [3.05, 3.63) is 59.7 Å². The molecule has 0 saturated carbocycles. The van der Waals surface area contributed by atoms with E-state index in [2.05, 4.69) is 22.8 Å². The van der Waals surface area contributed by atoms with Crippen LogP contribution in [0.3, 0.4) is 0 Å². The first-order valence-electron chi connectivity index (χ1n) is 21.4. The Morgan fingerprint density at radius 3 is 1.46 bits per heavy atom. The van der Waals surface area contributed by atoms with E-state index < -0.39 is 78.0 Å². The molecule has 0 bridgehead atoms. The molecule has 5 fully saturated rings. The highest BCUT2D eigenvalue weighted by Crippen LogP contribution is 2.44. The molecule has 0 spiro atoms. The summed E-state index contributed by atoms with van der Waals surface area (Å²) in [6.07, 6.45) is 2.04. The van der Waals surface area contributed by atoms with E-state index in [1.807, 2.05) is 36.4 Å². The summed E-state index contributed by atoms with van der Waals surface area (Å²) in [5.41, 5.74) is 4.30. The third-order valence-electron chi connectivity index (χ3n) is 13.3. The van der Waals surface area contributed by atoms with Gasteiger partial charge in [-0.3, -0.25) is 33.7 Å². The lowest BCUT2D eigenvalue weighted by molar-refractivity contribution is -0.154. The number of benzene rings is 2. The molecule has 5 saturated heterocycles. The Kier molecular flexibility index (Phi) is 11.7. The maximum atomic E-state index is 14.7. The topological polar surface area (TPSA) is 206 Å². The Bertz CT molecular complexity index is 2080.